The molecule has 0 heterocycles. The van der Waals surface area contributed by atoms with Crippen molar-refractivity contribution in [1.82, 2.24) is 5.32 Å². The van der Waals surface area contributed by atoms with E-state index in [0.717, 1.165) is 0 Å². The van der Waals surface area contributed by atoms with E-state index in [1.807, 2.05) is 27.7 Å². The topological polar surface area (TPSA) is 58.6 Å². The van der Waals surface area contributed by atoms with Gasteiger partial charge in [0.1, 0.15) is 5.60 Å². The molecule has 0 fully saturated rings. The van der Waals surface area contributed by atoms with Gasteiger partial charge in [-0.2, -0.15) is 0 Å². The maximum absolute atomic E-state index is 11.5. The molecule has 4 nitrogen and oxygen atoms in total. The van der Waals surface area contributed by atoms with Crippen LogP contribution in [-0.2, 0) is 4.74 Å². The lowest BCUT2D eigenvalue weighted by Crippen LogP contribution is -2.42. The molecule has 0 spiro atoms. The molecule has 0 unspecified atom stereocenters. The Morgan fingerprint density at radius 2 is 2.12 bits per heavy atom. The molecule has 0 radical (unpaired) electrons. The Hall–Kier alpha value is -1.03. The second kappa shape index (κ2) is 6.53. The predicted octanol–water partition coefficient (Wildman–Crippen LogP) is 2.08. The monoisotopic (exact) mass is 229 g/mol. The number of rotatable bonds is 5. The third-order valence-electron chi connectivity index (χ3n) is 2.16. The zero-order valence-corrected chi connectivity index (χ0v) is 10.6. The zero-order chi connectivity index (χ0) is 12.8. The van der Waals surface area contributed by atoms with E-state index >= 15 is 0 Å². The Labute approximate surface area is 97.7 Å². The largest absolute Gasteiger partial charge is 0.444 e. The number of nitrogens with one attached hydrogen (secondary N) is 1. The summed E-state index contributed by atoms with van der Waals surface area (Å²) in [6.07, 6.45) is 1.93. The molecule has 94 valence electrons. The van der Waals surface area contributed by atoms with Gasteiger partial charge in [0.15, 0.2) is 0 Å². The van der Waals surface area contributed by atoms with Crippen LogP contribution in [0.1, 0.15) is 34.1 Å². The van der Waals surface area contributed by atoms with Crippen molar-refractivity contribution in [2.75, 3.05) is 6.61 Å². The van der Waals surface area contributed by atoms with Crippen LogP contribution in [0.2, 0.25) is 0 Å². The zero-order valence-electron chi connectivity index (χ0n) is 10.6. The first-order valence-electron chi connectivity index (χ1n) is 5.51. The minimum atomic E-state index is -0.503. The Morgan fingerprint density at radius 1 is 1.56 bits per heavy atom. The van der Waals surface area contributed by atoms with E-state index in [-0.39, 0.29) is 18.6 Å². The van der Waals surface area contributed by atoms with Gasteiger partial charge in [0.25, 0.3) is 0 Å². The number of hydrogen-bond donors (Lipinski definition) is 2. The van der Waals surface area contributed by atoms with Gasteiger partial charge in [-0.15, -0.1) is 6.58 Å². The lowest BCUT2D eigenvalue weighted by molar-refractivity contribution is 0.0479. The average molecular weight is 229 g/mol. The normalized spacial score (nSPS) is 15.1. The van der Waals surface area contributed by atoms with E-state index < -0.39 is 11.7 Å². The molecule has 4 heteroatoms. The lowest BCUT2D eigenvalue weighted by Gasteiger charge is -2.25. The number of carbonyl (C=O) groups excluding carboxylic acids is 1. The summed E-state index contributed by atoms with van der Waals surface area (Å²) < 4.78 is 5.12. The summed E-state index contributed by atoms with van der Waals surface area (Å²) in [7, 11) is 0. The number of carbonyl (C=O) groups is 1. The van der Waals surface area contributed by atoms with Gasteiger partial charge in [-0.3, -0.25) is 0 Å². The van der Waals surface area contributed by atoms with E-state index in [2.05, 4.69) is 11.9 Å². The van der Waals surface area contributed by atoms with Crippen LogP contribution in [0, 0.1) is 5.92 Å². The molecule has 0 aliphatic carbocycles. The molecule has 16 heavy (non-hydrogen) atoms. The average Bonchev–Trinajstić information content (AvgIpc) is 2.10. The van der Waals surface area contributed by atoms with Crippen LogP contribution in [0.25, 0.3) is 0 Å². The van der Waals surface area contributed by atoms with Crippen molar-refractivity contribution >= 4 is 6.09 Å². The first-order valence-corrected chi connectivity index (χ1v) is 5.51. The summed E-state index contributed by atoms with van der Waals surface area (Å²) in [4.78, 5) is 11.5. The first kappa shape index (κ1) is 15.0. The summed E-state index contributed by atoms with van der Waals surface area (Å²) >= 11 is 0. The molecule has 0 aliphatic heterocycles. The first-order chi connectivity index (χ1) is 7.30. The van der Waals surface area contributed by atoms with Crippen molar-refractivity contribution in [3.8, 4) is 0 Å². The van der Waals surface area contributed by atoms with Gasteiger partial charge in [-0.1, -0.05) is 6.08 Å². The number of hydrogen-bond acceptors (Lipinski definition) is 3. The quantitative estimate of drug-likeness (QED) is 0.710. The molecule has 0 aromatic rings. The molecule has 0 saturated carbocycles. The molecule has 0 rings (SSSR count). The molecule has 0 aliphatic rings. The molecular weight excluding hydrogens is 206 g/mol. The van der Waals surface area contributed by atoms with Crippen LogP contribution in [0.15, 0.2) is 12.7 Å². The fourth-order valence-electron chi connectivity index (χ4n) is 1.26. The molecule has 2 N–H and O–H groups in total. The number of amides is 1. The van der Waals surface area contributed by atoms with Gasteiger partial charge in [0.05, 0.1) is 0 Å². The van der Waals surface area contributed by atoms with Crippen molar-refractivity contribution in [3.63, 3.8) is 0 Å². The predicted molar refractivity (Wildman–Crippen MR) is 64.2 cm³/mol. The van der Waals surface area contributed by atoms with Gasteiger partial charge in [0, 0.05) is 18.6 Å². The summed E-state index contributed by atoms with van der Waals surface area (Å²) in [5.41, 5.74) is -0.503. The maximum Gasteiger partial charge on any atom is 0.407 e. The number of allylic oxidation sites excluding steroid dienone is 1. The SMILES string of the molecule is C=CC[C@@H](CO)[C@@H](C)NC(=O)OC(C)(C)C. The number of ether oxygens (including phenoxy) is 1. The molecular formula is C12H23NO3. The Kier molecular flexibility index (Phi) is 6.11. The van der Waals surface area contributed by atoms with Crippen molar-refractivity contribution in [1.29, 1.82) is 0 Å². The van der Waals surface area contributed by atoms with Crippen molar-refractivity contribution in [3.05, 3.63) is 12.7 Å². The van der Waals surface area contributed by atoms with Crippen LogP contribution in [0.5, 0.6) is 0 Å². The molecule has 0 saturated heterocycles. The molecule has 1 amide bonds. The number of aliphatic hydroxyl groups is 1. The summed E-state index contributed by atoms with van der Waals surface area (Å²) in [6, 6.07) is -0.141. The molecule has 2 atom stereocenters. The minimum absolute atomic E-state index is 0.0168. The van der Waals surface area contributed by atoms with E-state index in [4.69, 9.17) is 9.84 Å². The highest BCUT2D eigenvalue weighted by atomic mass is 16.6. The van der Waals surface area contributed by atoms with Gasteiger partial charge in [-0.25, -0.2) is 4.79 Å². The standard InChI is InChI=1S/C12H23NO3/c1-6-7-10(8-14)9(2)13-11(15)16-12(3,4)5/h6,9-10,14H,1,7-8H2,2-5H3,(H,13,15)/t9-,10+/m1/s1. The van der Waals surface area contributed by atoms with Gasteiger partial charge in [-0.05, 0) is 34.1 Å². The van der Waals surface area contributed by atoms with E-state index in [1.54, 1.807) is 6.08 Å². The fourth-order valence-corrected chi connectivity index (χ4v) is 1.26. The van der Waals surface area contributed by atoms with Crippen LogP contribution < -0.4 is 5.32 Å². The number of aliphatic hydroxyl groups excluding tert-OH is 1. The highest BCUT2D eigenvalue weighted by molar-refractivity contribution is 5.68. The summed E-state index contributed by atoms with van der Waals surface area (Å²) in [6.45, 7) is 10.9. The third-order valence-corrected chi connectivity index (χ3v) is 2.16. The van der Waals surface area contributed by atoms with Crippen LogP contribution in [0.3, 0.4) is 0 Å². The third kappa shape index (κ3) is 6.45. The van der Waals surface area contributed by atoms with E-state index in [0.29, 0.717) is 6.42 Å². The Balaban J connectivity index is 4.16. The Bertz CT molecular complexity index is 233. The summed E-state index contributed by atoms with van der Waals surface area (Å²) in [5, 5.41) is 11.8. The summed E-state index contributed by atoms with van der Waals surface area (Å²) in [5.74, 6) is -0.0231. The smallest absolute Gasteiger partial charge is 0.407 e. The van der Waals surface area contributed by atoms with Gasteiger partial charge in [0.2, 0.25) is 0 Å². The van der Waals surface area contributed by atoms with Crippen LogP contribution in [0.4, 0.5) is 4.79 Å². The lowest BCUT2D eigenvalue weighted by atomic mass is 9.99. The minimum Gasteiger partial charge on any atom is -0.444 e. The highest BCUT2D eigenvalue weighted by Crippen LogP contribution is 2.11. The maximum atomic E-state index is 11.5. The highest BCUT2D eigenvalue weighted by Gasteiger charge is 2.21. The molecule has 0 bridgehead atoms. The second-order valence-electron chi connectivity index (χ2n) is 4.90. The molecule has 0 aromatic carbocycles. The van der Waals surface area contributed by atoms with E-state index in [1.165, 1.54) is 0 Å². The number of alkyl carbamates (subject to hydrolysis) is 1. The van der Waals surface area contributed by atoms with Gasteiger partial charge < -0.3 is 15.2 Å². The van der Waals surface area contributed by atoms with Gasteiger partial charge >= 0.3 is 6.09 Å². The van der Waals surface area contributed by atoms with Crippen molar-refractivity contribution in [2.45, 2.75) is 45.8 Å². The Morgan fingerprint density at radius 3 is 2.50 bits per heavy atom. The fraction of sp³-hybridized carbons (Fsp3) is 0.750. The van der Waals surface area contributed by atoms with E-state index in [9.17, 15) is 4.79 Å². The van der Waals surface area contributed by atoms with Crippen molar-refractivity contribution < 1.29 is 14.6 Å². The van der Waals surface area contributed by atoms with Crippen LogP contribution >= 0.6 is 0 Å². The second-order valence-corrected chi connectivity index (χ2v) is 4.90. The van der Waals surface area contributed by atoms with Crippen molar-refractivity contribution in [2.24, 2.45) is 5.92 Å². The van der Waals surface area contributed by atoms with Crippen LogP contribution in [-0.4, -0.2) is 29.4 Å². The molecule has 0 aromatic heterocycles.